The molecule has 0 fully saturated rings. The van der Waals surface area contributed by atoms with Gasteiger partial charge in [0.25, 0.3) is 0 Å². The van der Waals surface area contributed by atoms with Crippen molar-refractivity contribution in [1.82, 2.24) is 0 Å². The summed E-state index contributed by atoms with van der Waals surface area (Å²) in [6.45, 7) is 2.08. The highest BCUT2D eigenvalue weighted by molar-refractivity contribution is 6.08. The van der Waals surface area contributed by atoms with Gasteiger partial charge < -0.3 is 4.42 Å². The van der Waals surface area contributed by atoms with Crippen molar-refractivity contribution in [3.8, 4) is 0 Å². The molecule has 32 heavy (non-hydrogen) atoms. The second kappa shape index (κ2) is 10.6. The summed E-state index contributed by atoms with van der Waals surface area (Å²) >= 11 is 0. The van der Waals surface area contributed by atoms with Crippen LogP contribution in [0.4, 0.5) is 0 Å². The van der Waals surface area contributed by atoms with Crippen molar-refractivity contribution in [3.05, 3.63) is 130 Å². The molecule has 0 radical (unpaired) electrons. The number of fused-ring (bicyclic) bond motifs is 5. The van der Waals surface area contributed by atoms with E-state index in [9.17, 15) is 4.79 Å². The van der Waals surface area contributed by atoms with Gasteiger partial charge in [0.2, 0.25) is 0 Å². The lowest BCUT2D eigenvalue weighted by molar-refractivity contribution is 0.511. The molecule has 0 unspecified atom stereocenters. The molecule has 2 nitrogen and oxygen atoms in total. The van der Waals surface area contributed by atoms with Gasteiger partial charge in [-0.1, -0.05) is 90.5 Å². The Bertz CT molecular complexity index is 1330. The fourth-order valence-corrected chi connectivity index (χ4v) is 4.20. The molecule has 1 heterocycles. The summed E-state index contributed by atoms with van der Waals surface area (Å²) < 4.78 is 4.37. The van der Waals surface area contributed by atoms with Gasteiger partial charge in [-0.2, -0.15) is 0 Å². The van der Waals surface area contributed by atoms with Crippen molar-refractivity contribution in [2.75, 3.05) is 0 Å². The molecule has 1 aliphatic rings. The molecule has 0 atom stereocenters. The Hall–Kier alpha value is -3.65. The first-order chi connectivity index (χ1) is 15.7. The van der Waals surface area contributed by atoms with Crippen molar-refractivity contribution in [1.29, 1.82) is 0 Å². The lowest BCUT2D eigenvalue weighted by atomic mass is 9.86. The summed E-state index contributed by atoms with van der Waals surface area (Å²) in [6.07, 6.45) is 6.57. The quantitative estimate of drug-likeness (QED) is 0.243. The summed E-state index contributed by atoms with van der Waals surface area (Å²) in [6, 6.07) is 32.9. The van der Waals surface area contributed by atoms with E-state index in [4.69, 9.17) is 0 Å². The van der Waals surface area contributed by atoms with E-state index >= 15 is 0 Å². The van der Waals surface area contributed by atoms with Gasteiger partial charge in [0.05, 0.1) is 6.26 Å². The van der Waals surface area contributed by atoms with Crippen molar-refractivity contribution in [2.45, 2.75) is 32.6 Å². The van der Waals surface area contributed by atoms with Gasteiger partial charge in [0.1, 0.15) is 0 Å². The average molecular weight is 421 g/mol. The van der Waals surface area contributed by atoms with E-state index in [0.717, 1.165) is 0 Å². The van der Waals surface area contributed by atoms with E-state index in [1.54, 1.807) is 23.3 Å². The molecule has 0 N–H and O–H groups in total. The summed E-state index contributed by atoms with van der Waals surface area (Å²) in [5.41, 5.74) is 4.19. The van der Waals surface area contributed by atoms with Crippen LogP contribution in [0, 0.1) is 6.92 Å². The van der Waals surface area contributed by atoms with Gasteiger partial charge in [-0.15, -0.1) is 0 Å². The monoisotopic (exact) mass is 420 g/mol. The van der Waals surface area contributed by atoms with E-state index < -0.39 is 0 Å². The van der Waals surface area contributed by atoms with Crippen LogP contribution in [-0.2, 0) is 12.8 Å². The minimum atomic E-state index is -0.303. The molecule has 4 aromatic carbocycles. The third-order valence-corrected chi connectivity index (χ3v) is 5.80. The molecule has 160 valence electrons. The maximum Gasteiger partial charge on any atom is 0.335 e. The molecular formula is C30H28O2. The van der Waals surface area contributed by atoms with Crippen LogP contribution in [0.5, 0.6) is 0 Å². The van der Waals surface area contributed by atoms with Crippen LogP contribution >= 0.6 is 0 Å². The second-order valence-electron chi connectivity index (χ2n) is 8.07. The SMILES string of the molecule is Cc1ccccc1.O=c1cccco1.c1ccc2c(c1)ccc1c3c(ccc12)CCCC3. The topological polar surface area (TPSA) is 30.2 Å². The summed E-state index contributed by atoms with van der Waals surface area (Å²) in [7, 11) is 0. The fraction of sp³-hybridized carbons (Fsp3) is 0.167. The first-order valence-corrected chi connectivity index (χ1v) is 11.2. The van der Waals surface area contributed by atoms with Gasteiger partial charge in [-0.25, -0.2) is 4.79 Å². The Morgan fingerprint density at radius 2 is 1.34 bits per heavy atom. The van der Waals surface area contributed by atoms with Crippen LogP contribution in [0.2, 0.25) is 0 Å². The van der Waals surface area contributed by atoms with Crippen molar-refractivity contribution < 1.29 is 4.42 Å². The third-order valence-electron chi connectivity index (χ3n) is 5.80. The third kappa shape index (κ3) is 5.33. The number of hydrogen-bond acceptors (Lipinski definition) is 2. The number of benzene rings is 4. The molecule has 0 aliphatic heterocycles. The lowest BCUT2D eigenvalue weighted by Crippen LogP contribution is -2.02. The molecule has 5 aromatic rings. The minimum absolute atomic E-state index is 0.303. The smallest absolute Gasteiger partial charge is 0.335 e. The van der Waals surface area contributed by atoms with Crippen LogP contribution in [-0.4, -0.2) is 0 Å². The standard InChI is InChI=1S/C18H16.C7H8.C5H4O2/c1-3-7-15-13(5-1)9-11-18-16-8-4-2-6-14(16)10-12-17(15)18;1-7-5-3-2-4-6-7;6-5-3-1-2-4-7-5/h1,3,5,7,9-12H,2,4,6,8H2;2-6H,1H3;1-4H. The van der Waals surface area contributed by atoms with Crippen LogP contribution in [0.15, 0.2) is 113 Å². The van der Waals surface area contributed by atoms with Gasteiger partial charge >= 0.3 is 5.63 Å². The van der Waals surface area contributed by atoms with Crippen molar-refractivity contribution in [3.63, 3.8) is 0 Å². The molecular weight excluding hydrogens is 392 g/mol. The summed E-state index contributed by atoms with van der Waals surface area (Å²) in [5, 5.41) is 5.64. The Morgan fingerprint density at radius 3 is 2.03 bits per heavy atom. The van der Waals surface area contributed by atoms with Crippen molar-refractivity contribution >= 4 is 21.5 Å². The molecule has 1 aliphatic carbocycles. The zero-order valence-electron chi connectivity index (χ0n) is 18.5. The molecule has 0 amide bonds. The molecule has 0 spiro atoms. The first kappa shape index (κ1) is 21.6. The van der Waals surface area contributed by atoms with Crippen LogP contribution in [0.25, 0.3) is 21.5 Å². The molecule has 0 saturated heterocycles. The Morgan fingerprint density at radius 1 is 0.625 bits per heavy atom. The summed E-state index contributed by atoms with van der Waals surface area (Å²) in [5.74, 6) is 0. The second-order valence-corrected chi connectivity index (χ2v) is 8.07. The van der Waals surface area contributed by atoms with Gasteiger partial charge in [0, 0.05) is 6.07 Å². The molecule has 1 aromatic heterocycles. The Labute approximate surface area is 189 Å². The maximum atomic E-state index is 10.1. The molecule has 2 heteroatoms. The van der Waals surface area contributed by atoms with Gasteiger partial charge in [-0.05, 0) is 71.3 Å². The van der Waals surface area contributed by atoms with Gasteiger partial charge in [0.15, 0.2) is 0 Å². The first-order valence-electron chi connectivity index (χ1n) is 11.2. The van der Waals surface area contributed by atoms with Crippen LogP contribution in [0.1, 0.15) is 29.5 Å². The molecule has 0 saturated carbocycles. The Kier molecular flexibility index (Phi) is 7.14. The number of hydrogen-bond donors (Lipinski definition) is 0. The van der Waals surface area contributed by atoms with E-state index in [-0.39, 0.29) is 5.63 Å². The van der Waals surface area contributed by atoms with Gasteiger partial charge in [-0.3, -0.25) is 0 Å². The maximum absolute atomic E-state index is 10.1. The van der Waals surface area contributed by atoms with E-state index in [2.05, 4.69) is 72.0 Å². The number of rotatable bonds is 0. The lowest BCUT2D eigenvalue weighted by Gasteiger charge is -2.18. The van der Waals surface area contributed by atoms with Crippen LogP contribution < -0.4 is 5.63 Å². The average Bonchev–Trinajstić information content (AvgIpc) is 2.85. The van der Waals surface area contributed by atoms with Crippen LogP contribution in [0.3, 0.4) is 0 Å². The number of aryl methyl sites for hydroxylation is 3. The van der Waals surface area contributed by atoms with Crippen molar-refractivity contribution in [2.24, 2.45) is 0 Å². The van der Waals surface area contributed by atoms with E-state index in [1.165, 1.54) is 65.1 Å². The zero-order valence-corrected chi connectivity index (χ0v) is 18.5. The minimum Gasteiger partial charge on any atom is -0.431 e. The highest BCUT2D eigenvalue weighted by atomic mass is 16.4. The normalized spacial score (nSPS) is 12.2. The van der Waals surface area contributed by atoms with E-state index in [1.807, 2.05) is 18.2 Å². The Balaban J connectivity index is 0.000000144. The molecule has 6 rings (SSSR count). The largest absolute Gasteiger partial charge is 0.431 e. The molecule has 0 bridgehead atoms. The fourth-order valence-electron chi connectivity index (χ4n) is 4.20. The highest BCUT2D eigenvalue weighted by Gasteiger charge is 2.13. The predicted octanol–water partition coefficient (Wildman–Crippen LogP) is 7.51. The highest BCUT2D eigenvalue weighted by Crippen LogP contribution is 2.33. The summed E-state index contributed by atoms with van der Waals surface area (Å²) in [4.78, 5) is 10.1. The zero-order chi connectivity index (χ0) is 22.2. The predicted molar refractivity (Wildman–Crippen MR) is 134 cm³/mol. The van der Waals surface area contributed by atoms with E-state index in [0.29, 0.717) is 0 Å².